The second-order valence-corrected chi connectivity index (χ2v) is 5.80. The second kappa shape index (κ2) is 4.22. The highest BCUT2D eigenvalue weighted by Crippen LogP contribution is 2.44. The summed E-state index contributed by atoms with van der Waals surface area (Å²) in [7, 11) is 0. The first-order chi connectivity index (χ1) is 6.66. The van der Waals surface area contributed by atoms with Crippen molar-refractivity contribution in [1.82, 2.24) is 0 Å². The number of aliphatic hydroxyl groups excluding tert-OH is 1. The van der Waals surface area contributed by atoms with Gasteiger partial charge >= 0.3 is 0 Å². The van der Waals surface area contributed by atoms with Crippen molar-refractivity contribution in [3.63, 3.8) is 0 Å². The minimum absolute atomic E-state index is 0.0202. The van der Waals surface area contributed by atoms with Gasteiger partial charge in [0.2, 0.25) is 0 Å². The zero-order valence-corrected chi connectivity index (χ0v) is 9.58. The van der Waals surface area contributed by atoms with E-state index in [0.717, 1.165) is 36.5 Å². The Balaban J connectivity index is 1.91. The van der Waals surface area contributed by atoms with Crippen LogP contribution in [0.3, 0.4) is 0 Å². The topological polar surface area (TPSA) is 20.2 Å². The smallest absolute Gasteiger partial charge is 0.0543 e. The highest BCUT2D eigenvalue weighted by Gasteiger charge is 2.35. The minimum Gasteiger partial charge on any atom is -0.393 e. The van der Waals surface area contributed by atoms with Gasteiger partial charge in [-0.25, -0.2) is 0 Å². The third-order valence-corrected chi connectivity index (χ3v) is 4.57. The fourth-order valence-corrected chi connectivity index (χ4v) is 3.51. The Morgan fingerprint density at radius 2 is 1.57 bits per heavy atom. The van der Waals surface area contributed by atoms with Gasteiger partial charge in [0.25, 0.3) is 0 Å². The molecule has 0 spiro atoms. The van der Waals surface area contributed by atoms with Crippen LogP contribution in [0.2, 0.25) is 0 Å². The van der Waals surface area contributed by atoms with Gasteiger partial charge in [0.1, 0.15) is 0 Å². The van der Waals surface area contributed by atoms with E-state index in [-0.39, 0.29) is 6.10 Å². The summed E-state index contributed by atoms with van der Waals surface area (Å²) in [6.45, 7) is 4.73. The fourth-order valence-electron chi connectivity index (χ4n) is 3.51. The first kappa shape index (κ1) is 10.5. The van der Waals surface area contributed by atoms with E-state index in [9.17, 15) is 5.11 Å². The molecule has 2 rings (SSSR count). The van der Waals surface area contributed by atoms with Crippen LogP contribution in [0.1, 0.15) is 52.4 Å². The third-order valence-electron chi connectivity index (χ3n) is 4.57. The first-order valence-corrected chi connectivity index (χ1v) is 6.35. The van der Waals surface area contributed by atoms with Crippen LogP contribution < -0.4 is 0 Å². The van der Waals surface area contributed by atoms with E-state index >= 15 is 0 Å². The van der Waals surface area contributed by atoms with Crippen LogP contribution in [0.5, 0.6) is 0 Å². The van der Waals surface area contributed by atoms with E-state index in [1.54, 1.807) is 0 Å². The Kier molecular flexibility index (Phi) is 3.16. The molecule has 2 aliphatic carbocycles. The molecule has 2 fully saturated rings. The predicted octanol–water partition coefficient (Wildman–Crippen LogP) is 3.22. The maximum Gasteiger partial charge on any atom is 0.0543 e. The lowest BCUT2D eigenvalue weighted by molar-refractivity contribution is 0.0282. The van der Waals surface area contributed by atoms with Gasteiger partial charge in [0, 0.05) is 0 Å². The van der Waals surface area contributed by atoms with Gasteiger partial charge < -0.3 is 5.11 Å². The molecule has 4 atom stereocenters. The summed E-state index contributed by atoms with van der Waals surface area (Å²) >= 11 is 0. The lowest BCUT2D eigenvalue weighted by Crippen LogP contribution is -2.34. The highest BCUT2D eigenvalue weighted by atomic mass is 16.3. The van der Waals surface area contributed by atoms with E-state index in [2.05, 4.69) is 13.8 Å². The number of hydrogen-bond donors (Lipinski definition) is 1. The van der Waals surface area contributed by atoms with Crippen LogP contribution >= 0.6 is 0 Å². The lowest BCUT2D eigenvalue weighted by atomic mass is 9.65. The molecule has 82 valence electrons. The largest absolute Gasteiger partial charge is 0.393 e. The average molecular weight is 196 g/mol. The van der Waals surface area contributed by atoms with Crippen LogP contribution in [0.4, 0.5) is 0 Å². The summed E-state index contributed by atoms with van der Waals surface area (Å²) in [6, 6.07) is 0. The number of rotatable bonds is 1. The lowest BCUT2D eigenvalue weighted by Gasteiger charge is -2.42. The van der Waals surface area contributed by atoms with Crippen molar-refractivity contribution in [2.75, 3.05) is 0 Å². The number of aliphatic hydroxyl groups is 1. The zero-order chi connectivity index (χ0) is 10.1. The Morgan fingerprint density at radius 1 is 0.929 bits per heavy atom. The molecule has 0 bridgehead atoms. The number of hydrogen-bond acceptors (Lipinski definition) is 1. The van der Waals surface area contributed by atoms with Crippen LogP contribution in [0, 0.1) is 23.7 Å². The molecule has 14 heavy (non-hydrogen) atoms. The van der Waals surface area contributed by atoms with Crippen molar-refractivity contribution >= 4 is 0 Å². The van der Waals surface area contributed by atoms with Crippen molar-refractivity contribution < 1.29 is 5.11 Å². The van der Waals surface area contributed by atoms with Gasteiger partial charge in [-0.3, -0.25) is 0 Å². The fraction of sp³-hybridized carbons (Fsp3) is 1.00. The Labute approximate surface area is 87.9 Å². The van der Waals surface area contributed by atoms with Crippen molar-refractivity contribution in [3.8, 4) is 0 Å². The second-order valence-electron chi connectivity index (χ2n) is 5.80. The Bertz CT molecular complexity index is 188. The molecule has 0 aromatic heterocycles. The molecule has 0 saturated heterocycles. The van der Waals surface area contributed by atoms with Crippen LogP contribution in [-0.4, -0.2) is 11.2 Å². The summed E-state index contributed by atoms with van der Waals surface area (Å²) in [5.41, 5.74) is 0. The van der Waals surface area contributed by atoms with Crippen molar-refractivity contribution in [2.45, 2.75) is 58.5 Å². The first-order valence-electron chi connectivity index (χ1n) is 6.35. The van der Waals surface area contributed by atoms with Gasteiger partial charge in [-0.1, -0.05) is 13.8 Å². The molecule has 0 amide bonds. The standard InChI is InChI=1S/C13H24O/c1-9(2)10-3-4-12-8-13(14)6-5-11(12)7-10/h9-14H,3-8H2,1-2H3/t10-,11-,12+,13+/m1/s1. The molecule has 1 heteroatoms. The summed E-state index contributed by atoms with van der Waals surface area (Å²) < 4.78 is 0. The monoisotopic (exact) mass is 196 g/mol. The van der Waals surface area contributed by atoms with Crippen molar-refractivity contribution in [1.29, 1.82) is 0 Å². The quantitative estimate of drug-likeness (QED) is 0.682. The Hall–Kier alpha value is -0.0400. The molecule has 1 N–H and O–H groups in total. The van der Waals surface area contributed by atoms with Gasteiger partial charge in [-0.2, -0.15) is 0 Å². The molecule has 1 nitrogen and oxygen atoms in total. The van der Waals surface area contributed by atoms with E-state index < -0.39 is 0 Å². The van der Waals surface area contributed by atoms with Crippen LogP contribution in [0.25, 0.3) is 0 Å². The molecule has 0 unspecified atom stereocenters. The summed E-state index contributed by atoms with van der Waals surface area (Å²) in [5, 5.41) is 9.62. The molecule has 0 aromatic carbocycles. The van der Waals surface area contributed by atoms with E-state index in [0.29, 0.717) is 0 Å². The van der Waals surface area contributed by atoms with E-state index in [4.69, 9.17) is 0 Å². The molecule has 0 aromatic rings. The van der Waals surface area contributed by atoms with Crippen molar-refractivity contribution in [3.05, 3.63) is 0 Å². The average Bonchev–Trinajstić information content (AvgIpc) is 2.16. The van der Waals surface area contributed by atoms with Gasteiger partial charge in [-0.15, -0.1) is 0 Å². The SMILES string of the molecule is CC(C)[C@@H]1CC[C@H]2C[C@@H](O)CC[C@@H]2C1. The minimum atomic E-state index is 0.0202. The molecule has 2 saturated carbocycles. The normalized spacial score (nSPS) is 43.7. The molecular weight excluding hydrogens is 172 g/mol. The van der Waals surface area contributed by atoms with Crippen LogP contribution in [-0.2, 0) is 0 Å². The third kappa shape index (κ3) is 2.13. The van der Waals surface area contributed by atoms with Crippen molar-refractivity contribution in [2.24, 2.45) is 23.7 Å². The van der Waals surface area contributed by atoms with E-state index in [1.807, 2.05) is 0 Å². The number of fused-ring (bicyclic) bond motifs is 1. The molecular formula is C13H24O. The van der Waals surface area contributed by atoms with Gasteiger partial charge in [0.15, 0.2) is 0 Å². The Morgan fingerprint density at radius 3 is 2.29 bits per heavy atom. The predicted molar refractivity (Wildman–Crippen MR) is 59.0 cm³/mol. The molecule has 2 aliphatic rings. The molecule has 0 radical (unpaired) electrons. The maximum atomic E-state index is 9.62. The summed E-state index contributed by atoms with van der Waals surface area (Å²) in [5.74, 6) is 3.63. The highest BCUT2D eigenvalue weighted by molar-refractivity contribution is 4.86. The van der Waals surface area contributed by atoms with Gasteiger partial charge in [0.05, 0.1) is 6.10 Å². The molecule has 0 aliphatic heterocycles. The van der Waals surface area contributed by atoms with Crippen LogP contribution in [0.15, 0.2) is 0 Å². The summed E-state index contributed by atoms with van der Waals surface area (Å²) in [6.07, 6.45) is 7.69. The van der Waals surface area contributed by atoms with Gasteiger partial charge in [-0.05, 0) is 62.2 Å². The maximum absolute atomic E-state index is 9.62. The molecule has 0 heterocycles. The summed E-state index contributed by atoms with van der Waals surface area (Å²) in [4.78, 5) is 0. The van der Waals surface area contributed by atoms with E-state index in [1.165, 1.54) is 25.7 Å². The zero-order valence-electron chi connectivity index (χ0n) is 9.58.